The van der Waals surface area contributed by atoms with E-state index in [1.54, 1.807) is 19.6 Å². The summed E-state index contributed by atoms with van der Waals surface area (Å²) in [5.41, 5.74) is 9.30. The number of nitrogens with two attached hydrogens (primary N) is 1. The molecule has 1 aromatic carbocycles. The molecule has 5 rings (SSSR count). The monoisotopic (exact) mass is 568 g/mol. The molecule has 1 atom stereocenters. The fraction of sp³-hybridized carbons (Fsp3) is 0.393. The highest BCUT2D eigenvalue weighted by atomic mass is 35.5. The van der Waals surface area contributed by atoms with Gasteiger partial charge in [-0.15, -0.1) is 11.3 Å². The highest BCUT2D eigenvalue weighted by Gasteiger charge is 2.23. The molecular formula is C28H33ClN6O3S. The van der Waals surface area contributed by atoms with Gasteiger partial charge in [-0.3, -0.25) is 24.1 Å². The van der Waals surface area contributed by atoms with Gasteiger partial charge in [-0.05, 0) is 18.6 Å². The van der Waals surface area contributed by atoms with Crippen molar-refractivity contribution in [3.05, 3.63) is 70.1 Å². The molecule has 206 valence electrons. The molecule has 1 amide bonds. The predicted molar refractivity (Wildman–Crippen MR) is 154 cm³/mol. The zero-order valence-corrected chi connectivity index (χ0v) is 23.7. The van der Waals surface area contributed by atoms with Crippen molar-refractivity contribution in [3.8, 4) is 10.8 Å². The fourth-order valence-electron chi connectivity index (χ4n) is 4.83. The Morgan fingerprint density at radius 1 is 1.15 bits per heavy atom. The minimum Gasteiger partial charge on any atom is -0.484 e. The number of carbonyl (C=O) groups excluding carboxylic acids is 1. The summed E-state index contributed by atoms with van der Waals surface area (Å²) >= 11 is 7.72. The minimum absolute atomic E-state index is 0.315. The number of methoxy groups -OCH3 is 1. The van der Waals surface area contributed by atoms with Gasteiger partial charge in [0.25, 0.3) is 5.91 Å². The number of pyridine rings is 1. The lowest BCUT2D eigenvalue weighted by Crippen LogP contribution is -2.46. The van der Waals surface area contributed by atoms with Gasteiger partial charge in [-0.1, -0.05) is 36.7 Å². The van der Waals surface area contributed by atoms with Gasteiger partial charge in [0.1, 0.15) is 33.6 Å². The van der Waals surface area contributed by atoms with Gasteiger partial charge in [0.15, 0.2) is 0 Å². The molecule has 9 nitrogen and oxygen atoms in total. The van der Waals surface area contributed by atoms with E-state index in [1.807, 2.05) is 41.8 Å². The standard InChI is InChI=1S/C28H33ClN6O3S/c1-3-24(20-6-4-5-7-21(20)29)38-25-15-26(39-27(25)28(30)36)35-18-32-22-16-31-19(14-23(22)35)17-34-10-8-33(9-11-34)12-13-37-2/h4-7,14-16,18,24H,3,8-13,17H2,1-2H3,(H2,30,36). The average Bonchev–Trinajstić information content (AvgIpc) is 3.56. The number of benzene rings is 1. The number of hydrogen-bond acceptors (Lipinski definition) is 8. The average molecular weight is 569 g/mol. The van der Waals surface area contributed by atoms with Gasteiger partial charge >= 0.3 is 0 Å². The maximum absolute atomic E-state index is 12.4. The number of aromatic nitrogens is 3. The Labute approximate surface area is 237 Å². The number of amides is 1. The molecule has 0 radical (unpaired) electrons. The van der Waals surface area contributed by atoms with Crippen LogP contribution >= 0.6 is 22.9 Å². The van der Waals surface area contributed by atoms with E-state index < -0.39 is 5.91 Å². The number of fused-ring (bicyclic) bond motifs is 1. The molecule has 1 saturated heterocycles. The molecule has 4 aromatic rings. The van der Waals surface area contributed by atoms with Crippen molar-refractivity contribution >= 4 is 39.9 Å². The van der Waals surface area contributed by atoms with E-state index in [1.165, 1.54) is 11.3 Å². The Morgan fingerprint density at radius 3 is 2.64 bits per heavy atom. The van der Waals surface area contributed by atoms with Crippen LogP contribution in [0.5, 0.6) is 5.75 Å². The second-order valence-corrected chi connectivity index (χ2v) is 11.0. The van der Waals surface area contributed by atoms with Crippen molar-refractivity contribution in [2.24, 2.45) is 5.73 Å². The summed E-state index contributed by atoms with van der Waals surface area (Å²) in [5.74, 6) is -0.0941. The minimum atomic E-state index is -0.535. The molecule has 1 aliphatic rings. The number of imidazole rings is 1. The van der Waals surface area contributed by atoms with E-state index in [9.17, 15) is 4.79 Å². The Morgan fingerprint density at radius 2 is 1.92 bits per heavy atom. The Balaban J connectivity index is 1.37. The van der Waals surface area contributed by atoms with Crippen LogP contribution in [0.2, 0.25) is 5.02 Å². The maximum Gasteiger partial charge on any atom is 0.262 e. The molecule has 1 fully saturated rings. The van der Waals surface area contributed by atoms with Gasteiger partial charge in [0.2, 0.25) is 0 Å². The number of thiophene rings is 1. The quantitative estimate of drug-likeness (QED) is 0.284. The number of piperazine rings is 1. The Hall–Kier alpha value is -3.02. The predicted octanol–water partition coefficient (Wildman–Crippen LogP) is 4.53. The van der Waals surface area contributed by atoms with Crippen molar-refractivity contribution in [3.63, 3.8) is 0 Å². The van der Waals surface area contributed by atoms with Gasteiger partial charge in [0.05, 0.1) is 24.0 Å². The van der Waals surface area contributed by atoms with E-state index >= 15 is 0 Å². The summed E-state index contributed by atoms with van der Waals surface area (Å²) in [6.45, 7) is 8.51. The lowest BCUT2D eigenvalue weighted by molar-refractivity contribution is 0.0932. The Kier molecular flexibility index (Phi) is 8.79. The largest absolute Gasteiger partial charge is 0.484 e. The number of primary amides is 1. The first-order chi connectivity index (χ1) is 19.0. The van der Waals surface area contributed by atoms with Crippen LogP contribution in [-0.2, 0) is 11.3 Å². The molecule has 1 aliphatic heterocycles. The first-order valence-electron chi connectivity index (χ1n) is 13.1. The molecule has 0 saturated carbocycles. The second-order valence-electron chi connectivity index (χ2n) is 9.57. The highest BCUT2D eigenvalue weighted by molar-refractivity contribution is 7.16. The summed E-state index contributed by atoms with van der Waals surface area (Å²) in [7, 11) is 1.74. The molecular weight excluding hydrogens is 536 g/mol. The van der Waals surface area contributed by atoms with Crippen LogP contribution in [0.25, 0.3) is 16.0 Å². The van der Waals surface area contributed by atoms with Crippen LogP contribution in [-0.4, -0.2) is 76.7 Å². The molecule has 0 bridgehead atoms. The summed E-state index contributed by atoms with van der Waals surface area (Å²) < 4.78 is 13.5. The molecule has 1 unspecified atom stereocenters. The Bertz CT molecular complexity index is 1430. The van der Waals surface area contributed by atoms with Crippen molar-refractivity contribution < 1.29 is 14.3 Å². The SMILES string of the molecule is CCC(Oc1cc(-n2cnc3cnc(CN4CCN(CCOC)CC4)cc32)sc1C(N)=O)c1ccccc1Cl. The van der Waals surface area contributed by atoms with Crippen LogP contribution in [0.4, 0.5) is 0 Å². The lowest BCUT2D eigenvalue weighted by Gasteiger charge is -2.34. The van der Waals surface area contributed by atoms with E-state index in [0.29, 0.717) is 22.1 Å². The number of hydrogen-bond donors (Lipinski definition) is 1. The third-order valence-electron chi connectivity index (χ3n) is 6.99. The van der Waals surface area contributed by atoms with Crippen molar-refractivity contribution in [2.45, 2.75) is 26.0 Å². The molecule has 0 aliphatic carbocycles. The lowest BCUT2D eigenvalue weighted by atomic mass is 10.1. The first kappa shape index (κ1) is 27.5. The summed E-state index contributed by atoms with van der Waals surface area (Å²) in [5, 5.41) is 1.41. The van der Waals surface area contributed by atoms with Gasteiger partial charge in [-0.25, -0.2) is 4.98 Å². The topological polar surface area (TPSA) is 98.7 Å². The number of ether oxygens (including phenoxy) is 2. The third kappa shape index (κ3) is 6.26. The van der Waals surface area contributed by atoms with Crippen LogP contribution < -0.4 is 10.5 Å². The normalized spacial score (nSPS) is 15.6. The number of nitrogens with zero attached hydrogens (tertiary/aromatic N) is 5. The van der Waals surface area contributed by atoms with Crippen LogP contribution in [0.3, 0.4) is 0 Å². The van der Waals surface area contributed by atoms with Crippen LogP contribution in [0, 0.1) is 0 Å². The summed E-state index contributed by atoms with van der Waals surface area (Å²) in [6, 6.07) is 11.5. The van der Waals surface area contributed by atoms with Crippen LogP contribution in [0.15, 0.2) is 48.9 Å². The van der Waals surface area contributed by atoms with Crippen molar-refractivity contribution in [2.75, 3.05) is 46.4 Å². The van der Waals surface area contributed by atoms with Crippen LogP contribution in [0.1, 0.15) is 40.4 Å². The van der Waals surface area contributed by atoms with Gasteiger partial charge < -0.3 is 15.2 Å². The number of halogens is 1. The molecule has 2 N–H and O–H groups in total. The van der Waals surface area contributed by atoms with Crippen molar-refractivity contribution in [1.29, 1.82) is 0 Å². The van der Waals surface area contributed by atoms with E-state index in [4.69, 9.17) is 26.8 Å². The zero-order valence-electron chi connectivity index (χ0n) is 22.2. The summed E-state index contributed by atoms with van der Waals surface area (Å²) in [4.78, 5) is 26.8. The number of rotatable bonds is 11. The van der Waals surface area contributed by atoms with E-state index in [-0.39, 0.29) is 6.10 Å². The molecule has 0 spiro atoms. The fourth-order valence-corrected chi connectivity index (χ4v) is 6.02. The molecule has 4 heterocycles. The first-order valence-corrected chi connectivity index (χ1v) is 14.3. The van der Waals surface area contributed by atoms with E-state index in [2.05, 4.69) is 25.8 Å². The van der Waals surface area contributed by atoms with Crippen molar-refractivity contribution in [1.82, 2.24) is 24.3 Å². The highest BCUT2D eigenvalue weighted by Crippen LogP contribution is 2.38. The second kappa shape index (κ2) is 12.4. The summed E-state index contributed by atoms with van der Waals surface area (Å²) in [6.07, 6.45) is 3.91. The molecule has 11 heteroatoms. The zero-order chi connectivity index (χ0) is 27.4. The maximum atomic E-state index is 12.4. The molecule has 3 aromatic heterocycles. The van der Waals surface area contributed by atoms with Gasteiger partial charge in [-0.2, -0.15) is 0 Å². The smallest absolute Gasteiger partial charge is 0.262 e. The van der Waals surface area contributed by atoms with Gasteiger partial charge in [0, 0.05) is 63.0 Å². The van der Waals surface area contributed by atoms with E-state index in [0.717, 1.165) is 73.2 Å². The molecule has 39 heavy (non-hydrogen) atoms. The number of carbonyl (C=O) groups is 1. The third-order valence-corrected chi connectivity index (χ3v) is 8.47.